The Hall–Kier alpha value is -1.32. The number of benzene rings is 1. The van der Waals surface area contributed by atoms with Crippen molar-refractivity contribution in [2.45, 2.75) is 13.3 Å². The summed E-state index contributed by atoms with van der Waals surface area (Å²) in [6.45, 7) is 1.96. The average molecular weight is 281 g/mol. The molecule has 0 spiro atoms. The van der Waals surface area contributed by atoms with Gasteiger partial charge < -0.3 is 4.74 Å². The van der Waals surface area contributed by atoms with Crippen LogP contribution in [0.5, 0.6) is 5.75 Å². The molecule has 0 aliphatic carbocycles. The number of aryl methyl sites for hydroxylation is 1. The minimum atomic E-state index is 0.0501. The molecule has 18 heavy (non-hydrogen) atoms. The first-order valence-corrected chi connectivity index (χ1v) is 6.71. The Bertz CT molecular complexity index is 575. The molecule has 0 amide bonds. The fourth-order valence-electron chi connectivity index (χ4n) is 1.74. The molecule has 1 aromatic carbocycles. The lowest BCUT2D eigenvalue weighted by Crippen LogP contribution is -2.05. The van der Waals surface area contributed by atoms with E-state index >= 15 is 0 Å². The Morgan fingerprint density at radius 1 is 1.33 bits per heavy atom. The van der Waals surface area contributed by atoms with Crippen molar-refractivity contribution in [1.82, 2.24) is 0 Å². The van der Waals surface area contributed by atoms with Gasteiger partial charge in [-0.15, -0.1) is 11.3 Å². The summed E-state index contributed by atoms with van der Waals surface area (Å²) in [4.78, 5) is 13.2. The number of Topliss-reactive ketones (excluding diaryl/α,β-unsaturated/α-hetero) is 1. The molecule has 94 valence electrons. The zero-order valence-electron chi connectivity index (χ0n) is 10.2. The number of carbonyl (C=O) groups is 1. The lowest BCUT2D eigenvalue weighted by Gasteiger charge is -2.07. The summed E-state index contributed by atoms with van der Waals surface area (Å²) >= 11 is 7.29. The van der Waals surface area contributed by atoms with E-state index in [0.717, 1.165) is 10.4 Å². The molecular weight excluding hydrogens is 268 g/mol. The number of halogens is 1. The van der Waals surface area contributed by atoms with Crippen molar-refractivity contribution in [3.05, 3.63) is 50.7 Å². The van der Waals surface area contributed by atoms with Crippen LogP contribution in [0.4, 0.5) is 0 Å². The van der Waals surface area contributed by atoms with Gasteiger partial charge in [0.1, 0.15) is 5.75 Å². The topological polar surface area (TPSA) is 26.3 Å². The maximum Gasteiger partial charge on any atom is 0.171 e. The van der Waals surface area contributed by atoms with Gasteiger partial charge in [0, 0.05) is 11.3 Å². The summed E-state index contributed by atoms with van der Waals surface area (Å²) < 4.78 is 5.92. The molecule has 0 unspecified atom stereocenters. The Balaban J connectivity index is 2.25. The first-order valence-electron chi connectivity index (χ1n) is 5.52. The van der Waals surface area contributed by atoms with Crippen LogP contribution in [-0.4, -0.2) is 12.9 Å². The number of carbonyl (C=O) groups excluding carboxylic acids is 1. The smallest absolute Gasteiger partial charge is 0.171 e. The number of ketones is 1. The highest BCUT2D eigenvalue weighted by atomic mass is 35.5. The number of ether oxygens (including phenoxy) is 1. The number of rotatable bonds is 4. The largest absolute Gasteiger partial charge is 0.496 e. The lowest BCUT2D eigenvalue weighted by molar-refractivity contribution is 0.0991. The number of methoxy groups -OCH3 is 1. The third-order valence-electron chi connectivity index (χ3n) is 2.62. The van der Waals surface area contributed by atoms with E-state index < -0.39 is 0 Å². The zero-order valence-corrected chi connectivity index (χ0v) is 11.8. The lowest BCUT2D eigenvalue weighted by atomic mass is 10.0. The van der Waals surface area contributed by atoms with Gasteiger partial charge in [-0.3, -0.25) is 4.79 Å². The summed E-state index contributed by atoms with van der Waals surface area (Å²) in [6.07, 6.45) is 0.358. The van der Waals surface area contributed by atoms with E-state index in [4.69, 9.17) is 16.3 Å². The molecule has 0 fully saturated rings. The molecule has 2 nitrogen and oxygen atoms in total. The van der Waals surface area contributed by atoms with Crippen LogP contribution in [0.1, 0.15) is 20.8 Å². The van der Waals surface area contributed by atoms with Gasteiger partial charge in [-0.05, 0) is 31.2 Å². The Morgan fingerprint density at radius 2 is 2.11 bits per heavy atom. The van der Waals surface area contributed by atoms with Crippen LogP contribution in [0.15, 0.2) is 30.3 Å². The van der Waals surface area contributed by atoms with Gasteiger partial charge in [0.2, 0.25) is 0 Å². The maximum absolute atomic E-state index is 12.2. The van der Waals surface area contributed by atoms with Crippen LogP contribution in [0.25, 0.3) is 0 Å². The Morgan fingerprint density at radius 3 is 2.72 bits per heavy atom. The predicted molar refractivity (Wildman–Crippen MR) is 75.1 cm³/mol. The molecule has 0 N–H and O–H groups in total. The van der Waals surface area contributed by atoms with Crippen LogP contribution in [-0.2, 0) is 6.42 Å². The van der Waals surface area contributed by atoms with Crippen molar-refractivity contribution < 1.29 is 9.53 Å². The number of thiophene rings is 1. The average Bonchev–Trinajstić information content (AvgIpc) is 2.74. The highest BCUT2D eigenvalue weighted by Crippen LogP contribution is 2.25. The van der Waals surface area contributed by atoms with Gasteiger partial charge in [-0.25, -0.2) is 0 Å². The van der Waals surface area contributed by atoms with Crippen molar-refractivity contribution in [2.24, 2.45) is 0 Å². The van der Waals surface area contributed by atoms with E-state index in [1.54, 1.807) is 7.11 Å². The van der Waals surface area contributed by atoms with Crippen LogP contribution >= 0.6 is 22.9 Å². The Labute approximate surface area is 115 Å². The van der Waals surface area contributed by atoms with Crippen molar-refractivity contribution in [3.63, 3.8) is 0 Å². The van der Waals surface area contributed by atoms with Crippen molar-refractivity contribution >= 4 is 28.7 Å². The summed E-state index contributed by atoms with van der Waals surface area (Å²) in [5, 5.41) is 0. The highest BCUT2D eigenvalue weighted by molar-refractivity contribution is 7.16. The molecule has 4 heteroatoms. The van der Waals surface area contributed by atoms with Gasteiger partial charge in [-0.2, -0.15) is 0 Å². The molecular formula is C14H13ClO2S. The second-order valence-corrected chi connectivity index (χ2v) is 5.81. The molecule has 0 radical (unpaired) electrons. The molecule has 0 aliphatic rings. The minimum absolute atomic E-state index is 0.0501. The second kappa shape index (κ2) is 5.55. The van der Waals surface area contributed by atoms with Gasteiger partial charge in [0.05, 0.1) is 17.0 Å². The van der Waals surface area contributed by atoms with Crippen molar-refractivity contribution in [2.75, 3.05) is 7.11 Å². The predicted octanol–water partition coefficient (Wildman–Crippen LogP) is 4.14. The van der Waals surface area contributed by atoms with E-state index in [-0.39, 0.29) is 5.78 Å². The van der Waals surface area contributed by atoms with Crippen molar-refractivity contribution in [3.8, 4) is 5.75 Å². The van der Waals surface area contributed by atoms with Gasteiger partial charge in [-0.1, -0.05) is 23.2 Å². The van der Waals surface area contributed by atoms with E-state index in [0.29, 0.717) is 22.1 Å². The summed E-state index contributed by atoms with van der Waals surface area (Å²) in [7, 11) is 1.57. The molecule has 0 saturated carbocycles. The normalized spacial score (nSPS) is 10.4. The number of hydrogen-bond donors (Lipinski definition) is 0. The minimum Gasteiger partial charge on any atom is -0.496 e. The Kier molecular flexibility index (Phi) is 4.04. The van der Waals surface area contributed by atoms with Crippen LogP contribution in [0.3, 0.4) is 0 Å². The van der Waals surface area contributed by atoms with Crippen molar-refractivity contribution in [1.29, 1.82) is 0 Å². The molecule has 0 saturated heterocycles. The third-order valence-corrected chi connectivity index (χ3v) is 3.85. The van der Waals surface area contributed by atoms with Gasteiger partial charge >= 0.3 is 0 Å². The molecule has 1 aromatic heterocycles. The monoisotopic (exact) mass is 280 g/mol. The molecule has 0 bridgehead atoms. The van der Waals surface area contributed by atoms with E-state index in [2.05, 4.69) is 0 Å². The van der Waals surface area contributed by atoms with Crippen LogP contribution in [0.2, 0.25) is 4.34 Å². The van der Waals surface area contributed by atoms with E-state index in [9.17, 15) is 4.79 Å². The SMILES string of the molecule is COc1ccc(C)cc1C(=O)Cc1ccc(Cl)s1. The van der Waals surface area contributed by atoms with Crippen LogP contribution < -0.4 is 4.74 Å². The molecule has 0 atom stereocenters. The summed E-state index contributed by atoms with van der Waals surface area (Å²) in [5.41, 5.74) is 1.67. The zero-order chi connectivity index (χ0) is 13.1. The molecule has 1 heterocycles. The van der Waals surface area contributed by atoms with E-state index in [1.807, 2.05) is 37.3 Å². The first kappa shape index (κ1) is 13.1. The molecule has 2 rings (SSSR count). The fourth-order valence-corrected chi connectivity index (χ4v) is 2.83. The van der Waals surface area contributed by atoms with E-state index in [1.165, 1.54) is 11.3 Å². The van der Waals surface area contributed by atoms with Crippen LogP contribution in [0, 0.1) is 6.92 Å². The number of hydrogen-bond acceptors (Lipinski definition) is 3. The maximum atomic E-state index is 12.2. The third kappa shape index (κ3) is 2.92. The summed E-state index contributed by atoms with van der Waals surface area (Å²) in [6, 6.07) is 9.30. The standard InChI is InChI=1S/C14H13ClO2S/c1-9-3-5-13(17-2)11(7-9)12(16)8-10-4-6-14(15)18-10/h3-7H,8H2,1-2H3. The quantitative estimate of drug-likeness (QED) is 0.787. The second-order valence-electron chi connectivity index (χ2n) is 4.01. The van der Waals surface area contributed by atoms with Gasteiger partial charge in [0.15, 0.2) is 5.78 Å². The molecule has 0 aliphatic heterocycles. The highest BCUT2D eigenvalue weighted by Gasteiger charge is 2.14. The molecule has 2 aromatic rings. The first-order chi connectivity index (χ1) is 8.60. The van der Waals surface area contributed by atoms with Gasteiger partial charge in [0.25, 0.3) is 0 Å². The summed E-state index contributed by atoms with van der Waals surface area (Å²) in [5.74, 6) is 0.669. The fraction of sp³-hybridized carbons (Fsp3) is 0.214.